The zero-order chi connectivity index (χ0) is 10.4. The molecule has 0 aliphatic carbocycles. The van der Waals surface area contributed by atoms with E-state index in [9.17, 15) is 0 Å². The molecular weight excluding hydrogens is 246 g/mol. The molecule has 0 bridgehead atoms. The highest BCUT2D eigenvalue weighted by atomic mass is 79.9. The fourth-order valence-corrected chi connectivity index (χ4v) is 1.45. The Bertz CT molecular complexity index is 382. The molecule has 0 radical (unpaired) electrons. The summed E-state index contributed by atoms with van der Waals surface area (Å²) in [6.07, 6.45) is 6.37. The van der Waals surface area contributed by atoms with Gasteiger partial charge in [0.2, 0.25) is 0 Å². The number of benzene rings is 1. The van der Waals surface area contributed by atoms with Gasteiger partial charge in [0.1, 0.15) is 12.4 Å². The van der Waals surface area contributed by atoms with Gasteiger partial charge in [0, 0.05) is 5.56 Å². The third-order valence-corrected chi connectivity index (χ3v) is 2.12. The van der Waals surface area contributed by atoms with Crippen LogP contribution in [0.1, 0.15) is 5.56 Å². The first kappa shape index (κ1) is 10.6. The number of halogens is 1. The standard InChI is InChI=1S/C10H8BrNO2/c1-2-6-14-10-8(7-12-13)4-3-5-9(10)11/h1,3-5,7,13H,6H2. The molecule has 0 aliphatic rings. The molecular formula is C10H8BrNO2. The monoisotopic (exact) mass is 253 g/mol. The van der Waals surface area contributed by atoms with E-state index in [0.717, 1.165) is 4.47 Å². The average Bonchev–Trinajstić information content (AvgIpc) is 2.18. The van der Waals surface area contributed by atoms with Crippen molar-refractivity contribution in [2.24, 2.45) is 5.16 Å². The SMILES string of the molecule is C#CCOc1c(Br)cccc1C=NO. The van der Waals surface area contributed by atoms with Crippen LogP contribution in [0.15, 0.2) is 27.8 Å². The summed E-state index contributed by atoms with van der Waals surface area (Å²) >= 11 is 3.31. The van der Waals surface area contributed by atoms with Gasteiger partial charge in [-0.15, -0.1) is 6.42 Å². The molecule has 0 saturated heterocycles. The third kappa shape index (κ3) is 2.51. The summed E-state index contributed by atoms with van der Waals surface area (Å²) in [7, 11) is 0. The maximum absolute atomic E-state index is 8.42. The number of para-hydroxylation sites is 1. The molecule has 0 fully saturated rings. The van der Waals surface area contributed by atoms with Gasteiger partial charge in [-0.25, -0.2) is 0 Å². The van der Waals surface area contributed by atoms with Gasteiger partial charge < -0.3 is 9.94 Å². The molecule has 0 amide bonds. The number of terminal acetylenes is 1. The third-order valence-electron chi connectivity index (χ3n) is 1.49. The Hall–Kier alpha value is -1.47. The van der Waals surface area contributed by atoms with Gasteiger partial charge in [-0.3, -0.25) is 0 Å². The van der Waals surface area contributed by atoms with E-state index in [1.165, 1.54) is 6.21 Å². The van der Waals surface area contributed by atoms with Crippen LogP contribution in [0.25, 0.3) is 0 Å². The van der Waals surface area contributed by atoms with Crippen molar-refractivity contribution >= 4 is 22.1 Å². The molecule has 0 aliphatic heterocycles. The lowest BCUT2D eigenvalue weighted by atomic mass is 10.2. The highest BCUT2D eigenvalue weighted by Crippen LogP contribution is 2.27. The highest BCUT2D eigenvalue weighted by Gasteiger charge is 2.05. The highest BCUT2D eigenvalue weighted by molar-refractivity contribution is 9.10. The van der Waals surface area contributed by atoms with E-state index in [-0.39, 0.29) is 6.61 Å². The van der Waals surface area contributed by atoms with Crippen LogP contribution in [0.5, 0.6) is 5.75 Å². The lowest BCUT2D eigenvalue weighted by Crippen LogP contribution is -1.98. The van der Waals surface area contributed by atoms with E-state index in [1.807, 2.05) is 12.1 Å². The van der Waals surface area contributed by atoms with E-state index in [4.69, 9.17) is 16.4 Å². The quantitative estimate of drug-likeness (QED) is 0.389. The average molecular weight is 254 g/mol. The molecule has 0 saturated carbocycles. The number of oxime groups is 1. The van der Waals surface area contributed by atoms with E-state index < -0.39 is 0 Å². The van der Waals surface area contributed by atoms with Crippen molar-refractivity contribution in [2.45, 2.75) is 0 Å². The van der Waals surface area contributed by atoms with Crippen LogP contribution in [-0.4, -0.2) is 18.0 Å². The first-order valence-electron chi connectivity index (χ1n) is 3.81. The summed E-state index contributed by atoms with van der Waals surface area (Å²) < 4.78 is 6.05. The number of nitrogens with zero attached hydrogens (tertiary/aromatic N) is 1. The van der Waals surface area contributed by atoms with Crippen molar-refractivity contribution < 1.29 is 9.94 Å². The molecule has 0 atom stereocenters. The van der Waals surface area contributed by atoms with Gasteiger partial charge in [0.25, 0.3) is 0 Å². The number of hydrogen-bond acceptors (Lipinski definition) is 3. The molecule has 1 aromatic rings. The van der Waals surface area contributed by atoms with Crippen LogP contribution < -0.4 is 4.74 Å². The van der Waals surface area contributed by atoms with Gasteiger partial charge in [-0.05, 0) is 28.1 Å². The topological polar surface area (TPSA) is 41.8 Å². The molecule has 72 valence electrons. The number of ether oxygens (including phenoxy) is 1. The van der Waals surface area contributed by atoms with E-state index in [0.29, 0.717) is 11.3 Å². The molecule has 3 nitrogen and oxygen atoms in total. The van der Waals surface area contributed by atoms with Gasteiger partial charge in [0.15, 0.2) is 0 Å². The van der Waals surface area contributed by atoms with Crippen LogP contribution in [-0.2, 0) is 0 Å². The van der Waals surface area contributed by atoms with Crippen molar-refractivity contribution in [3.05, 3.63) is 28.2 Å². The summed E-state index contributed by atoms with van der Waals surface area (Å²) in [6.45, 7) is 0.175. The van der Waals surface area contributed by atoms with E-state index in [1.54, 1.807) is 6.07 Å². The largest absolute Gasteiger partial charge is 0.479 e. The minimum atomic E-state index is 0.175. The minimum absolute atomic E-state index is 0.175. The van der Waals surface area contributed by atoms with E-state index in [2.05, 4.69) is 27.0 Å². The van der Waals surface area contributed by atoms with Crippen molar-refractivity contribution in [3.63, 3.8) is 0 Å². The van der Waals surface area contributed by atoms with Crippen LogP contribution in [0, 0.1) is 12.3 Å². The summed E-state index contributed by atoms with van der Waals surface area (Å²) in [4.78, 5) is 0. The zero-order valence-corrected chi connectivity index (χ0v) is 8.86. The molecule has 0 spiro atoms. The Morgan fingerprint density at radius 3 is 3.07 bits per heavy atom. The van der Waals surface area contributed by atoms with Crippen LogP contribution in [0.3, 0.4) is 0 Å². The Morgan fingerprint density at radius 1 is 1.64 bits per heavy atom. The molecule has 14 heavy (non-hydrogen) atoms. The summed E-state index contributed by atoms with van der Waals surface area (Å²) in [5.74, 6) is 2.94. The van der Waals surface area contributed by atoms with Crippen LogP contribution in [0.2, 0.25) is 0 Å². The van der Waals surface area contributed by atoms with Gasteiger partial charge in [-0.1, -0.05) is 17.1 Å². The predicted octanol–water partition coefficient (Wildman–Crippen LogP) is 2.27. The smallest absolute Gasteiger partial charge is 0.148 e. The van der Waals surface area contributed by atoms with Crippen molar-refractivity contribution in [3.8, 4) is 18.1 Å². The number of rotatable bonds is 3. The first-order valence-corrected chi connectivity index (χ1v) is 4.61. The Morgan fingerprint density at radius 2 is 2.43 bits per heavy atom. The van der Waals surface area contributed by atoms with Crippen LogP contribution in [0.4, 0.5) is 0 Å². The predicted molar refractivity (Wildman–Crippen MR) is 57.9 cm³/mol. The summed E-state index contributed by atoms with van der Waals surface area (Å²) in [6, 6.07) is 5.39. The first-order chi connectivity index (χ1) is 6.79. The maximum atomic E-state index is 8.42. The van der Waals surface area contributed by atoms with E-state index >= 15 is 0 Å². The molecule has 0 unspecified atom stereocenters. The zero-order valence-electron chi connectivity index (χ0n) is 7.27. The minimum Gasteiger partial charge on any atom is -0.479 e. The van der Waals surface area contributed by atoms with Gasteiger partial charge in [-0.2, -0.15) is 0 Å². The summed E-state index contributed by atoms with van der Waals surface area (Å²) in [5.41, 5.74) is 0.664. The lowest BCUT2D eigenvalue weighted by molar-refractivity contribution is 0.321. The summed E-state index contributed by atoms with van der Waals surface area (Å²) in [5, 5.41) is 11.4. The van der Waals surface area contributed by atoms with Gasteiger partial charge in [0.05, 0.1) is 10.7 Å². The second-order valence-electron chi connectivity index (χ2n) is 2.40. The maximum Gasteiger partial charge on any atom is 0.148 e. The second-order valence-corrected chi connectivity index (χ2v) is 3.25. The van der Waals surface area contributed by atoms with Crippen molar-refractivity contribution in [1.29, 1.82) is 0 Å². The second kappa shape index (κ2) is 5.30. The van der Waals surface area contributed by atoms with Gasteiger partial charge >= 0.3 is 0 Å². The molecule has 1 aromatic carbocycles. The molecule has 0 heterocycles. The van der Waals surface area contributed by atoms with Crippen molar-refractivity contribution in [2.75, 3.05) is 6.61 Å². The van der Waals surface area contributed by atoms with Crippen molar-refractivity contribution in [1.82, 2.24) is 0 Å². The number of hydrogen-bond donors (Lipinski definition) is 1. The Balaban J connectivity index is 3.03. The molecule has 1 rings (SSSR count). The fourth-order valence-electron chi connectivity index (χ4n) is 0.955. The fraction of sp³-hybridized carbons (Fsp3) is 0.100. The Kier molecular flexibility index (Phi) is 4.02. The molecule has 0 aromatic heterocycles. The van der Waals surface area contributed by atoms with Crippen LogP contribution >= 0.6 is 15.9 Å². The Labute approximate surface area is 90.5 Å². The lowest BCUT2D eigenvalue weighted by Gasteiger charge is -2.07. The molecule has 4 heteroatoms. The molecule has 1 N–H and O–H groups in total. The normalized spacial score (nSPS) is 10.0.